The van der Waals surface area contributed by atoms with Crippen LogP contribution in [0.3, 0.4) is 0 Å². The molecule has 1 spiro atoms. The van der Waals surface area contributed by atoms with Crippen LogP contribution in [0.2, 0.25) is 0 Å². The molecule has 0 aromatic rings. The Kier molecular flexibility index (Phi) is 4.45. The first-order chi connectivity index (χ1) is 9.15. The van der Waals surface area contributed by atoms with Gasteiger partial charge < -0.3 is 15.0 Å². The van der Waals surface area contributed by atoms with E-state index in [1.165, 1.54) is 0 Å². The number of hydrogen-bond acceptors (Lipinski definition) is 3. The zero-order valence-corrected chi connectivity index (χ0v) is 11.9. The lowest BCUT2D eigenvalue weighted by molar-refractivity contribution is -0.158. The second kappa shape index (κ2) is 5.90. The minimum absolute atomic E-state index is 0.0351. The Hall–Kier alpha value is -1.10. The van der Waals surface area contributed by atoms with Crippen molar-refractivity contribution >= 4 is 11.8 Å². The first kappa shape index (κ1) is 14.3. The van der Waals surface area contributed by atoms with Gasteiger partial charge in [0.05, 0.1) is 6.61 Å². The lowest BCUT2D eigenvalue weighted by Gasteiger charge is -2.46. The molecular weight excluding hydrogens is 244 g/mol. The van der Waals surface area contributed by atoms with Crippen molar-refractivity contribution in [1.82, 2.24) is 10.2 Å². The highest BCUT2D eigenvalue weighted by atomic mass is 16.5. The molecule has 1 saturated carbocycles. The van der Waals surface area contributed by atoms with Gasteiger partial charge in [0.15, 0.2) is 0 Å². The van der Waals surface area contributed by atoms with Crippen LogP contribution in [0, 0.1) is 0 Å². The van der Waals surface area contributed by atoms with Crippen LogP contribution in [0.1, 0.15) is 46.0 Å². The zero-order valence-electron chi connectivity index (χ0n) is 11.9. The van der Waals surface area contributed by atoms with Crippen molar-refractivity contribution < 1.29 is 14.3 Å². The predicted molar refractivity (Wildman–Crippen MR) is 71.6 cm³/mol. The van der Waals surface area contributed by atoms with Crippen LogP contribution in [0.15, 0.2) is 0 Å². The Morgan fingerprint density at radius 1 is 1.32 bits per heavy atom. The fraction of sp³-hybridized carbons (Fsp3) is 0.857. The van der Waals surface area contributed by atoms with E-state index in [2.05, 4.69) is 5.32 Å². The van der Waals surface area contributed by atoms with E-state index in [-0.39, 0.29) is 17.9 Å². The number of nitrogens with one attached hydrogen (secondary N) is 1. The summed E-state index contributed by atoms with van der Waals surface area (Å²) in [5.41, 5.74) is -0.597. The number of ether oxygens (including phenoxy) is 1. The SMILES string of the molecule is CCOCCN1C(=O)C(CC)NC(=O)C12CCCC2. The van der Waals surface area contributed by atoms with Gasteiger partial charge in [0.1, 0.15) is 11.6 Å². The third-order valence-corrected chi connectivity index (χ3v) is 4.31. The second-order valence-corrected chi connectivity index (χ2v) is 5.36. The third-order valence-electron chi connectivity index (χ3n) is 4.31. The molecule has 2 rings (SSSR count). The summed E-state index contributed by atoms with van der Waals surface area (Å²) >= 11 is 0. The fourth-order valence-electron chi connectivity index (χ4n) is 3.23. The molecule has 1 unspecified atom stereocenters. The summed E-state index contributed by atoms with van der Waals surface area (Å²) in [6.45, 7) is 5.53. The summed E-state index contributed by atoms with van der Waals surface area (Å²) in [5.74, 6) is 0.0941. The van der Waals surface area contributed by atoms with Crippen LogP contribution in [-0.4, -0.2) is 48.1 Å². The largest absolute Gasteiger partial charge is 0.380 e. The number of carbonyl (C=O) groups excluding carboxylic acids is 2. The lowest BCUT2D eigenvalue weighted by Crippen LogP contribution is -2.70. The summed E-state index contributed by atoms with van der Waals surface area (Å²) in [5, 5.41) is 2.90. The Balaban J connectivity index is 2.18. The van der Waals surface area contributed by atoms with E-state index < -0.39 is 5.54 Å². The molecule has 1 heterocycles. The smallest absolute Gasteiger partial charge is 0.246 e. The van der Waals surface area contributed by atoms with Crippen LogP contribution < -0.4 is 5.32 Å². The molecule has 108 valence electrons. The summed E-state index contributed by atoms with van der Waals surface area (Å²) in [6.07, 6.45) is 4.25. The number of amides is 2. The first-order valence-electron chi connectivity index (χ1n) is 7.36. The molecule has 2 aliphatic rings. The Morgan fingerprint density at radius 3 is 2.58 bits per heavy atom. The van der Waals surface area contributed by atoms with Gasteiger partial charge in [-0.25, -0.2) is 0 Å². The second-order valence-electron chi connectivity index (χ2n) is 5.36. The molecule has 0 radical (unpaired) electrons. The molecule has 0 aromatic carbocycles. The van der Waals surface area contributed by atoms with Crippen molar-refractivity contribution in [1.29, 1.82) is 0 Å². The normalized spacial score (nSPS) is 26.0. The number of carbonyl (C=O) groups is 2. The molecule has 5 heteroatoms. The molecule has 2 amide bonds. The third kappa shape index (κ3) is 2.48. The van der Waals surface area contributed by atoms with E-state index in [0.717, 1.165) is 25.7 Å². The molecule has 1 N–H and O–H groups in total. The van der Waals surface area contributed by atoms with E-state index >= 15 is 0 Å². The number of piperazine rings is 1. The van der Waals surface area contributed by atoms with E-state index in [9.17, 15) is 9.59 Å². The summed E-state index contributed by atoms with van der Waals surface area (Å²) in [7, 11) is 0. The molecule has 5 nitrogen and oxygen atoms in total. The van der Waals surface area contributed by atoms with E-state index in [1.54, 1.807) is 4.90 Å². The van der Waals surface area contributed by atoms with Crippen LogP contribution in [0.25, 0.3) is 0 Å². The summed E-state index contributed by atoms with van der Waals surface area (Å²) in [4.78, 5) is 26.7. The van der Waals surface area contributed by atoms with Crippen molar-refractivity contribution in [3.8, 4) is 0 Å². The van der Waals surface area contributed by atoms with Crippen molar-refractivity contribution in [2.24, 2.45) is 0 Å². The maximum Gasteiger partial charge on any atom is 0.246 e. The van der Waals surface area contributed by atoms with Crippen molar-refractivity contribution in [3.05, 3.63) is 0 Å². The van der Waals surface area contributed by atoms with E-state index in [0.29, 0.717) is 26.2 Å². The zero-order chi connectivity index (χ0) is 13.9. The molecule has 19 heavy (non-hydrogen) atoms. The highest BCUT2D eigenvalue weighted by Gasteiger charge is 2.53. The van der Waals surface area contributed by atoms with Gasteiger partial charge in [-0.15, -0.1) is 0 Å². The van der Waals surface area contributed by atoms with Crippen LogP contribution in [0.4, 0.5) is 0 Å². The molecular formula is C14H24N2O3. The summed E-state index contributed by atoms with van der Waals surface area (Å²) < 4.78 is 5.37. The van der Waals surface area contributed by atoms with Gasteiger partial charge in [-0.1, -0.05) is 19.8 Å². The maximum atomic E-state index is 12.5. The van der Waals surface area contributed by atoms with Crippen molar-refractivity contribution in [2.45, 2.75) is 57.5 Å². The quantitative estimate of drug-likeness (QED) is 0.759. The molecule has 0 bridgehead atoms. The highest BCUT2D eigenvalue weighted by molar-refractivity contribution is 6.00. The Bertz CT molecular complexity index is 351. The average Bonchev–Trinajstić information content (AvgIpc) is 2.89. The molecule has 0 aromatic heterocycles. The minimum Gasteiger partial charge on any atom is -0.380 e. The first-order valence-corrected chi connectivity index (χ1v) is 7.36. The van der Waals surface area contributed by atoms with Gasteiger partial charge in [0, 0.05) is 13.2 Å². The monoisotopic (exact) mass is 268 g/mol. The minimum atomic E-state index is -0.597. The molecule has 1 aliphatic heterocycles. The van der Waals surface area contributed by atoms with Gasteiger partial charge >= 0.3 is 0 Å². The Morgan fingerprint density at radius 2 is 2.00 bits per heavy atom. The van der Waals surface area contributed by atoms with Gasteiger partial charge in [0.25, 0.3) is 0 Å². The standard InChI is InChI=1S/C14H24N2O3/c1-3-11-12(17)16(9-10-19-4-2)14(13(18)15-11)7-5-6-8-14/h11H,3-10H2,1-2H3,(H,15,18). The van der Waals surface area contributed by atoms with E-state index in [1.807, 2.05) is 13.8 Å². The average molecular weight is 268 g/mol. The van der Waals surface area contributed by atoms with Crippen LogP contribution >= 0.6 is 0 Å². The van der Waals surface area contributed by atoms with Gasteiger partial charge in [0.2, 0.25) is 11.8 Å². The molecule has 1 atom stereocenters. The molecule has 1 saturated heterocycles. The number of rotatable bonds is 5. The molecule has 1 aliphatic carbocycles. The highest BCUT2D eigenvalue weighted by Crippen LogP contribution is 2.38. The number of hydrogen-bond donors (Lipinski definition) is 1. The van der Waals surface area contributed by atoms with Gasteiger partial charge in [-0.3, -0.25) is 9.59 Å². The summed E-state index contributed by atoms with van der Waals surface area (Å²) in [6, 6.07) is -0.361. The lowest BCUT2D eigenvalue weighted by atomic mass is 9.89. The van der Waals surface area contributed by atoms with E-state index in [4.69, 9.17) is 4.74 Å². The van der Waals surface area contributed by atoms with Crippen LogP contribution in [0.5, 0.6) is 0 Å². The fourth-order valence-corrected chi connectivity index (χ4v) is 3.23. The topological polar surface area (TPSA) is 58.6 Å². The van der Waals surface area contributed by atoms with Crippen molar-refractivity contribution in [3.63, 3.8) is 0 Å². The van der Waals surface area contributed by atoms with Gasteiger partial charge in [-0.05, 0) is 26.2 Å². The number of nitrogens with zero attached hydrogens (tertiary/aromatic N) is 1. The van der Waals surface area contributed by atoms with Gasteiger partial charge in [-0.2, -0.15) is 0 Å². The maximum absolute atomic E-state index is 12.5. The van der Waals surface area contributed by atoms with Crippen LogP contribution in [-0.2, 0) is 14.3 Å². The Labute approximate surface area is 114 Å². The van der Waals surface area contributed by atoms with Crippen molar-refractivity contribution in [2.75, 3.05) is 19.8 Å². The molecule has 2 fully saturated rings. The predicted octanol–water partition coefficient (Wildman–Crippen LogP) is 1.07.